The summed E-state index contributed by atoms with van der Waals surface area (Å²) in [5.41, 5.74) is 1.10. The zero-order valence-corrected chi connectivity index (χ0v) is 10.8. The first-order chi connectivity index (χ1) is 8.19. The molecule has 2 heteroatoms. The molecule has 0 aromatic heterocycles. The van der Waals surface area contributed by atoms with E-state index in [1.165, 1.54) is 25.3 Å². The Morgan fingerprint density at radius 1 is 1.41 bits per heavy atom. The molecule has 1 nitrogen and oxygen atoms in total. The summed E-state index contributed by atoms with van der Waals surface area (Å²) >= 11 is 0. The third-order valence-corrected chi connectivity index (χ3v) is 4.13. The van der Waals surface area contributed by atoms with Gasteiger partial charge in [-0.15, -0.1) is 0 Å². The minimum Gasteiger partial charge on any atom is -0.307 e. The minimum atomic E-state index is -0.127. The van der Waals surface area contributed by atoms with Crippen molar-refractivity contribution in [3.63, 3.8) is 0 Å². The third-order valence-electron chi connectivity index (χ3n) is 4.13. The molecule has 0 radical (unpaired) electrons. The third kappa shape index (κ3) is 2.37. The van der Waals surface area contributed by atoms with E-state index in [9.17, 15) is 4.39 Å². The zero-order chi connectivity index (χ0) is 12.3. The summed E-state index contributed by atoms with van der Waals surface area (Å²) in [6, 6.07) is 7.11. The van der Waals surface area contributed by atoms with Gasteiger partial charge in [-0.3, -0.25) is 0 Å². The predicted molar refractivity (Wildman–Crippen MR) is 69.4 cm³/mol. The Morgan fingerprint density at radius 3 is 2.88 bits per heavy atom. The van der Waals surface area contributed by atoms with Crippen molar-refractivity contribution >= 4 is 0 Å². The molecule has 1 N–H and O–H groups in total. The molecule has 1 aromatic carbocycles. The Kier molecular flexibility index (Phi) is 3.82. The van der Waals surface area contributed by atoms with E-state index in [4.69, 9.17) is 0 Å². The predicted octanol–water partition coefficient (Wildman–Crippen LogP) is 3.84. The molecule has 0 amide bonds. The second kappa shape index (κ2) is 5.18. The van der Waals surface area contributed by atoms with Gasteiger partial charge in [0, 0.05) is 5.54 Å². The van der Waals surface area contributed by atoms with Crippen LogP contribution in [0.3, 0.4) is 0 Å². The molecule has 1 unspecified atom stereocenters. The maximum absolute atomic E-state index is 13.4. The first kappa shape index (κ1) is 12.6. The molecule has 0 bridgehead atoms. The largest absolute Gasteiger partial charge is 0.307 e. The molecular weight excluding hydrogens is 213 g/mol. The maximum atomic E-state index is 13.4. The lowest BCUT2D eigenvalue weighted by Crippen LogP contribution is -2.49. The zero-order valence-electron chi connectivity index (χ0n) is 10.8. The number of hydrogen-bond donors (Lipinski definition) is 1. The molecule has 0 aliphatic heterocycles. The van der Waals surface area contributed by atoms with Crippen LogP contribution in [-0.2, 0) is 5.54 Å². The van der Waals surface area contributed by atoms with Gasteiger partial charge >= 0.3 is 0 Å². The smallest absolute Gasteiger partial charge is 0.123 e. The number of benzene rings is 1. The lowest BCUT2D eigenvalue weighted by Gasteiger charge is -2.44. The van der Waals surface area contributed by atoms with Crippen molar-refractivity contribution in [2.45, 2.75) is 45.1 Å². The summed E-state index contributed by atoms with van der Waals surface area (Å²) in [6.07, 6.45) is 4.87. The van der Waals surface area contributed by atoms with Crippen LogP contribution in [0.4, 0.5) is 4.39 Å². The van der Waals surface area contributed by atoms with E-state index in [2.05, 4.69) is 25.2 Å². The highest BCUT2D eigenvalue weighted by molar-refractivity contribution is 5.27. The second-order valence-corrected chi connectivity index (χ2v) is 5.16. The summed E-state index contributed by atoms with van der Waals surface area (Å²) in [7, 11) is 0. The Morgan fingerprint density at radius 2 is 2.24 bits per heavy atom. The average molecular weight is 235 g/mol. The van der Waals surface area contributed by atoms with Crippen LogP contribution in [0.2, 0.25) is 0 Å². The lowest BCUT2D eigenvalue weighted by atomic mass is 9.69. The molecule has 0 spiro atoms. The van der Waals surface area contributed by atoms with Crippen molar-refractivity contribution < 1.29 is 4.39 Å². The lowest BCUT2D eigenvalue weighted by molar-refractivity contribution is 0.156. The van der Waals surface area contributed by atoms with Gasteiger partial charge in [-0.05, 0) is 43.0 Å². The van der Waals surface area contributed by atoms with Crippen LogP contribution in [0.5, 0.6) is 0 Å². The average Bonchev–Trinajstić information content (AvgIpc) is 2.32. The first-order valence-electron chi connectivity index (χ1n) is 6.70. The van der Waals surface area contributed by atoms with Gasteiger partial charge in [-0.2, -0.15) is 0 Å². The Labute approximate surface area is 103 Å². The van der Waals surface area contributed by atoms with E-state index < -0.39 is 0 Å². The fourth-order valence-corrected chi connectivity index (χ4v) is 3.22. The van der Waals surface area contributed by atoms with Gasteiger partial charge in [0.05, 0.1) is 0 Å². The molecule has 1 aliphatic rings. The van der Waals surface area contributed by atoms with E-state index in [0.717, 1.165) is 18.5 Å². The standard InChI is InChI=1S/C15H22FN/c1-3-17-15(10-5-4-7-12(15)2)13-8-6-9-14(16)11-13/h6,8-9,11-12,17H,3-5,7,10H2,1-2H3/t12?,15-/m1/s1. The van der Waals surface area contributed by atoms with Gasteiger partial charge in [0.15, 0.2) is 0 Å². The highest BCUT2D eigenvalue weighted by atomic mass is 19.1. The highest BCUT2D eigenvalue weighted by Crippen LogP contribution is 2.41. The topological polar surface area (TPSA) is 12.0 Å². The van der Waals surface area contributed by atoms with Crippen LogP contribution in [0.15, 0.2) is 24.3 Å². The molecule has 1 aromatic rings. The molecule has 2 atom stereocenters. The fraction of sp³-hybridized carbons (Fsp3) is 0.600. The summed E-state index contributed by atoms with van der Waals surface area (Å²) in [5.74, 6) is 0.440. The van der Waals surface area contributed by atoms with Crippen LogP contribution in [-0.4, -0.2) is 6.54 Å². The first-order valence-corrected chi connectivity index (χ1v) is 6.70. The molecule has 2 rings (SSSR count). The van der Waals surface area contributed by atoms with Gasteiger partial charge in [0.2, 0.25) is 0 Å². The number of halogens is 1. The van der Waals surface area contributed by atoms with Crippen molar-refractivity contribution in [1.29, 1.82) is 0 Å². The van der Waals surface area contributed by atoms with Crippen LogP contribution in [0, 0.1) is 11.7 Å². The van der Waals surface area contributed by atoms with E-state index in [-0.39, 0.29) is 11.4 Å². The van der Waals surface area contributed by atoms with Gasteiger partial charge in [0.1, 0.15) is 5.82 Å². The van der Waals surface area contributed by atoms with Gasteiger partial charge in [0.25, 0.3) is 0 Å². The van der Waals surface area contributed by atoms with E-state index >= 15 is 0 Å². The minimum absolute atomic E-state index is 0.0187. The van der Waals surface area contributed by atoms with Crippen LogP contribution in [0.1, 0.15) is 45.1 Å². The summed E-state index contributed by atoms with van der Waals surface area (Å²) < 4.78 is 13.4. The number of hydrogen-bond acceptors (Lipinski definition) is 1. The van der Waals surface area contributed by atoms with Crippen molar-refractivity contribution in [1.82, 2.24) is 5.32 Å². The molecule has 94 valence electrons. The second-order valence-electron chi connectivity index (χ2n) is 5.16. The molecule has 1 aliphatic carbocycles. The van der Waals surface area contributed by atoms with Crippen LogP contribution in [0.25, 0.3) is 0 Å². The maximum Gasteiger partial charge on any atom is 0.123 e. The Bertz CT molecular complexity index is 373. The van der Waals surface area contributed by atoms with Crippen LogP contribution < -0.4 is 5.32 Å². The van der Waals surface area contributed by atoms with Crippen molar-refractivity contribution in [2.24, 2.45) is 5.92 Å². The number of rotatable bonds is 3. The monoisotopic (exact) mass is 235 g/mol. The van der Waals surface area contributed by atoms with Gasteiger partial charge in [-0.1, -0.05) is 38.8 Å². The SMILES string of the molecule is CCN[C@]1(c2cccc(F)c2)CCCCC1C. The molecule has 0 saturated heterocycles. The quantitative estimate of drug-likeness (QED) is 0.839. The van der Waals surface area contributed by atoms with Crippen molar-refractivity contribution in [3.05, 3.63) is 35.6 Å². The van der Waals surface area contributed by atoms with Crippen LogP contribution >= 0.6 is 0 Å². The van der Waals surface area contributed by atoms with Crippen molar-refractivity contribution in [3.8, 4) is 0 Å². The van der Waals surface area contributed by atoms with E-state index in [1.54, 1.807) is 6.07 Å². The fourth-order valence-electron chi connectivity index (χ4n) is 3.22. The highest BCUT2D eigenvalue weighted by Gasteiger charge is 2.38. The van der Waals surface area contributed by atoms with E-state index in [0.29, 0.717) is 5.92 Å². The number of nitrogens with one attached hydrogen (secondary N) is 1. The molecule has 1 fully saturated rings. The van der Waals surface area contributed by atoms with Gasteiger partial charge < -0.3 is 5.32 Å². The molecule has 17 heavy (non-hydrogen) atoms. The summed E-state index contributed by atoms with van der Waals surface area (Å²) in [5, 5.41) is 3.62. The van der Waals surface area contributed by atoms with E-state index in [1.807, 2.05) is 6.07 Å². The normalized spacial score (nSPS) is 29.2. The Hall–Kier alpha value is -0.890. The summed E-state index contributed by atoms with van der Waals surface area (Å²) in [6.45, 7) is 5.34. The van der Waals surface area contributed by atoms with Crippen molar-refractivity contribution in [2.75, 3.05) is 6.54 Å². The Balaban J connectivity index is 2.39. The molecule has 1 saturated carbocycles. The summed E-state index contributed by atoms with van der Waals surface area (Å²) in [4.78, 5) is 0. The molecular formula is C15H22FN. The molecule has 0 heterocycles. The van der Waals surface area contributed by atoms with Gasteiger partial charge in [-0.25, -0.2) is 4.39 Å².